The standard InChI is InChI=1S/C26H42O/c1-6-17(2)7-8-18(3)20-11-12-21-19-9-10-23-24(27)14-16-26(23,5)22(19)13-15-25(20,21)4/h7-8,10,17-22,24,27H,6,9,11-16H2,1-5H3. The Kier molecular flexibility index (Phi) is 5.15. The molecule has 4 rings (SSSR count). The second kappa shape index (κ2) is 7.05. The van der Waals surface area contributed by atoms with Gasteiger partial charge in [0.1, 0.15) is 0 Å². The lowest BCUT2D eigenvalue weighted by molar-refractivity contribution is -0.0384. The van der Waals surface area contributed by atoms with Gasteiger partial charge in [-0.05, 0) is 96.9 Å². The van der Waals surface area contributed by atoms with E-state index in [0.717, 1.165) is 30.1 Å². The monoisotopic (exact) mass is 370 g/mol. The molecule has 4 aliphatic carbocycles. The molecule has 1 heteroatoms. The van der Waals surface area contributed by atoms with Crippen LogP contribution in [0.1, 0.15) is 86.0 Å². The van der Waals surface area contributed by atoms with E-state index in [2.05, 4.69) is 52.8 Å². The first-order chi connectivity index (χ1) is 12.8. The molecule has 0 aromatic rings. The van der Waals surface area contributed by atoms with E-state index in [1.54, 1.807) is 0 Å². The number of allylic oxidation sites excluding steroid dienone is 3. The van der Waals surface area contributed by atoms with Gasteiger partial charge in [0.2, 0.25) is 0 Å². The van der Waals surface area contributed by atoms with Crippen molar-refractivity contribution < 1.29 is 5.11 Å². The van der Waals surface area contributed by atoms with Gasteiger partial charge in [0.15, 0.2) is 0 Å². The number of rotatable bonds is 4. The molecule has 152 valence electrons. The van der Waals surface area contributed by atoms with Gasteiger partial charge in [0, 0.05) is 0 Å². The average molecular weight is 371 g/mol. The van der Waals surface area contributed by atoms with Crippen molar-refractivity contribution in [1.29, 1.82) is 0 Å². The van der Waals surface area contributed by atoms with Crippen LogP contribution in [-0.4, -0.2) is 11.2 Å². The van der Waals surface area contributed by atoms with Crippen molar-refractivity contribution in [1.82, 2.24) is 0 Å². The predicted octanol–water partition coefficient (Wildman–Crippen LogP) is 6.77. The minimum Gasteiger partial charge on any atom is -0.389 e. The molecule has 3 fully saturated rings. The molecule has 0 saturated heterocycles. The average Bonchev–Trinajstić information content (AvgIpc) is 3.16. The van der Waals surface area contributed by atoms with Gasteiger partial charge in [-0.2, -0.15) is 0 Å². The molecule has 1 nitrogen and oxygen atoms in total. The van der Waals surface area contributed by atoms with E-state index in [4.69, 9.17) is 0 Å². The van der Waals surface area contributed by atoms with Gasteiger partial charge >= 0.3 is 0 Å². The Morgan fingerprint density at radius 2 is 1.85 bits per heavy atom. The summed E-state index contributed by atoms with van der Waals surface area (Å²) < 4.78 is 0. The van der Waals surface area contributed by atoms with Crippen LogP contribution in [0, 0.1) is 46.3 Å². The fourth-order valence-electron chi connectivity index (χ4n) is 8.10. The Morgan fingerprint density at radius 1 is 1.07 bits per heavy atom. The first-order valence-corrected chi connectivity index (χ1v) is 11.9. The molecular formula is C26H42O. The number of fused-ring (bicyclic) bond motifs is 5. The Morgan fingerprint density at radius 3 is 2.59 bits per heavy atom. The largest absolute Gasteiger partial charge is 0.389 e. The highest BCUT2D eigenvalue weighted by Gasteiger charge is 2.59. The van der Waals surface area contributed by atoms with Crippen molar-refractivity contribution in [2.45, 2.75) is 92.1 Å². The molecule has 4 aliphatic rings. The lowest BCUT2D eigenvalue weighted by atomic mass is 9.49. The maximum atomic E-state index is 10.5. The second-order valence-corrected chi connectivity index (χ2v) is 11.1. The van der Waals surface area contributed by atoms with Gasteiger partial charge in [-0.3, -0.25) is 0 Å². The number of aliphatic hydroxyl groups excluding tert-OH is 1. The van der Waals surface area contributed by atoms with Gasteiger partial charge in [-0.25, -0.2) is 0 Å². The third-order valence-electron chi connectivity index (χ3n) is 9.92. The summed E-state index contributed by atoms with van der Waals surface area (Å²) in [6.07, 6.45) is 17.7. The molecule has 0 bridgehead atoms. The quantitative estimate of drug-likeness (QED) is 0.541. The van der Waals surface area contributed by atoms with E-state index in [-0.39, 0.29) is 6.10 Å². The molecule has 27 heavy (non-hydrogen) atoms. The van der Waals surface area contributed by atoms with E-state index in [1.165, 1.54) is 50.5 Å². The highest BCUT2D eigenvalue weighted by atomic mass is 16.3. The molecule has 9 unspecified atom stereocenters. The highest BCUT2D eigenvalue weighted by molar-refractivity contribution is 5.29. The van der Waals surface area contributed by atoms with Crippen molar-refractivity contribution in [3.05, 3.63) is 23.8 Å². The van der Waals surface area contributed by atoms with E-state index < -0.39 is 0 Å². The Balaban J connectivity index is 1.55. The first kappa shape index (κ1) is 19.7. The minimum absolute atomic E-state index is 0.147. The zero-order valence-corrected chi connectivity index (χ0v) is 18.4. The fraction of sp³-hybridized carbons (Fsp3) is 0.846. The van der Waals surface area contributed by atoms with Crippen LogP contribution >= 0.6 is 0 Å². The predicted molar refractivity (Wildman–Crippen MR) is 114 cm³/mol. The third-order valence-corrected chi connectivity index (χ3v) is 9.92. The maximum absolute atomic E-state index is 10.5. The molecule has 3 saturated carbocycles. The maximum Gasteiger partial charge on any atom is 0.0755 e. The number of aliphatic hydroxyl groups is 1. The van der Waals surface area contributed by atoms with E-state index in [0.29, 0.717) is 22.7 Å². The van der Waals surface area contributed by atoms with Crippen molar-refractivity contribution >= 4 is 0 Å². The minimum atomic E-state index is -0.147. The van der Waals surface area contributed by atoms with Crippen LogP contribution in [0.4, 0.5) is 0 Å². The molecule has 0 spiro atoms. The topological polar surface area (TPSA) is 20.2 Å². The van der Waals surface area contributed by atoms with Gasteiger partial charge in [-0.1, -0.05) is 59.3 Å². The zero-order chi connectivity index (χ0) is 19.4. The van der Waals surface area contributed by atoms with Crippen LogP contribution < -0.4 is 0 Å². The lowest BCUT2D eigenvalue weighted by Gasteiger charge is -2.56. The van der Waals surface area contributed by atoms with Crippen LogP contribution in [0.5, 0.6) is 0 Å². The molecule has 0 aliphatic heterocycles. The lowest BCUT2D eigenvalue weighted by Crippen LogP contribution is -2.48. The summed E-state index contributed by atoms with van der Waals surface area (Å²) in [5, 5.41) is 10.5. The smallest absolute Gasteiger partial charge is 0.0755 e. The Hall–Kier alpha value is -0.560. The van der Waals surface area contributed by atoms with Crippen LogP contribution in [0.2, 0.25) is 0 Å². The molecule has 0 radical (unpaired) electrons. The second-order valence-electron chi connectivity index (χ2n) is 11.1. The van der Waals surface area contributed by atoms with E-state index in [9.17, 15) is 5.11 Å². The van der Waals surface area contributed by atoms with Crippen molar-refractivity contribution in [3.63, 3.8) is 0 Å². The third kappa shape index (κ3) is 2.98. The molecular weight excluding hydrogens is 328 g/mol. The van der Waals surface area contributed by atoms with Crippen molar-refractivity contribution in [2.75, 3.05) is 0 Å². The highest BCUT2D eigenvalue weighted by Crippen LogP contribution is 2.67. The molecule has 0 aromatic carbocycles. The molecule has 0 heterocycles. The normalized spacial score (nSPS) is 48.7. The van der Waals surface area contributed by atoms with Crippen molar-refractivity contribution in [2.24, 2.45) is 46.3 Å². The molecule has 0 aromatic heterocycles. The summed E-state index contributed by atoms with van der Waals surface area (Å²) in [6, 6.07) is 0. The summed E-state index contributed by atoms with van der Waals surface area (Å²) in [5.74, 6) is 4.85. The summed E-state index contributed by atoms with van der Waals surface area (Å²) in [5.41, 5.74) is 2.23. The van der Waals surface area contributed by atoms with Crippen LogP contribution in [-0.2, 0) is 0 Å². The molecule has 0 amide bonds. The number of hydrogen-bond acceptors (Lipinski definition) is 1. The number of hydrogen-bond donors (Lipinski definition) is 1. The van der Waals surface area contributed by atoms with Gasteiger partial charge < -0.3 is 5.11 Å². The van der Waals surface area contributed by atoms with Gasteiger partial charge in [0.05, 0.1) is 6.10 Å². The Bertz CT molecular complexity index is 618. The van der Waals surface area contributed by atoms with Crippen LogP contribution in [0.15, 0.2) is 23.8 Å². The summed E-state index contributed by atoms with van der Waals surface area (Å²) in [6.45, 7) is 12.2. The van der Waals surface area contributed by atoms with Gasteiger partial charge in [-0.15, -0.1) is 0 Å². The fourth-order valence-corrected chi connectivity index (χ4v) is 8.10. The van der Waals surface area contributed by atoms with E-state index >= 15 is 0 Å². The zero-order valence-electron chi connectivity index (χ0n) is 18.4. The molecule has 9 atom stereocenters. The van der Waals surface area contributed by atoms with Crippen molar-refractivity contribution in [3.8, 4) is 0 Å². The SMILES string of the molecule is CCC(C)C=CC(C)C1CCC2C3CC=C4C(O)CCC4(C)C3CCC12C. The van der Waals surface area contributed by atoms with E-state index in [1.807, 2.05) is 0 Å². The summed E-state index contributed by atoms with van der Waals surface area (Å²) >= 11 is 0. The summed E-state index contributed by atoms with van der Waals surface area (Å²) in [7, 11) is 0. The van der Waals surface area contributed by atoms with Crippen LogP contribution in [0.25, 0.3) is 0 Å². The van der Waals surface area contributed by atoms with Crippen LogP contribution in [0.3, 0.4) is 0 Å². The Labute approximate surface area is 167 Å². The summed E-state index contributed by atoms with van der Waals surface area (Å²) in [4.78, 5) is 0. The molecule has 1 N–H and O–H groups in total. The first-order valence-electron chi connectivity index (χ1n) is 11.9. The van der Waals surface area contributed by atoms with Gasteiger partial charge in [0.25, 0.3) is 0 Å².